The average Bonchev–Trinajstić information content (AvgIpc) is 3.08. The lowest BCUT2D eigenvalue weighted by molar-refractivity contribution is -0.119. The van der Waals surface area contributed by atoms with Crippen LogP contribution in [-0.4, -0.2) is 41.2 Å². The lowest BCUT2D eigenvalue weighted by atomic mass is 10.1. The summed E-state index contributed by atoms with van der Waals surface area (Å²) >= 11 is 0. The van der Waals surface area contributed by atoms with Gasteiger partial charge in [0.25, 0.3) is 11.8 Å². The summed E-state index contributed by atoms with van der Waals surface area (Å²) < 4.78 is 6.65. The maximum Gasteiger partial charge on any atom is 0.339 e. The number of aromatic nitrogens is 2. The second-order valence-corrected chi connectivity index (χ2v) is 6.66. The Morgan fingerprint density at radius 2 is 1.67 bits per heavy atom. The third-order valence-electron chi connectivity index (χ3n) is 4.43. The van der Waals surface area contributed by atoms with Gasteiger partial charge in [-0.3, -0.25) is 14.3 Å². The summed E-state index contributed by atoms with van der Waals surface area (Å²) in [7, 11) is 3.32. The van der Waals surface area contributed by atoms with Crippen molar-refractivity contribution in [3.8, 4) is 0 Å². The topological polar surface area (TPSA) is 93.5 Å². The third-order valence-corrected chi connectivity index (χ3v) is 4.43. The molecule has 0 aliphatic rings. The van der Waals surface area contributed by atoms with E-state index in [9.17, 15) is 14.4 Å². The maximum atomic E-state index is 12.9. The predicted octanol–water partition coefficient (Wildman–Crippen LogP) is 2.80. The zero-order valence-electron chi connectivity index (χ0n) is 17.0. The monoisotopic (exact) mass is 406 g/mol. The first kappa shape index (κ1) is 20.8. The number of hydrogen-bond donors (Lipinski definition) is 1. The fourth-order valence-electron chi connectivity index (χ4n) is 2.91. The van der Waals surface area contributed by atoms with Crippen molar-refractivity contribution in [3.05, 3.63) is 77.5 Å². The summed E-state index contributed by atoms with van der Waals surface area (Å²) in [5.74, 6) is -1.12. The molecule has 0 fully saturated rings. The molecule has 8 nitrogen and oxygen atoms in total. The standard InChI is InChI=1S/C22H22N4O4/c1-15-13-19(26(3)24-15)23-20(27)14-30-22(29)18-12-8-7-11-17(18)21(28)25(2)16-9-5-4-6-10-16/h4-13H,14H2,1-3H3,(H,23,27). The van der Waals surface area contributed by atoms with Gasteiger partial charge >= 0.3 is 5.97 Å². The summed E-state index contributed by atoms with van der Waals surface area (Å²) in [5.41, 5.74) is 1.72. The maximum absolute atomic E-state index is 12.9. The van der Waals surface area contributed by atoms with E-state index in [2.05, 4.69) is 10.4 Å². The van der Waals surface area contributed by atoms with E-state index >= 15 is 0 Å². The number of carbonyl (C=O) groups is 3. The molecule has 8 heteroatoms. The SMILES string of the molecule is Cc1cc(NC(=O)COC(=O)c2ccccc2C(=O)N(C)c2ccccc2)n(C)n1. The van der Waals surface area contributed by atoms with E-state index in [-0.39, 0.29) is 17.0 Å². The first-order valence-corrected chi connectivity index (χ1v) is 9.26. The summed E-state index contributed by atoms with van der Waals surface area (Å²) in [5, 5.41) is 6.76. The smallest absolute Gasteiger partial charge is 0.339 e. The molecule has 0 saturated carbocycles. The van der Waals surface area contributed by atoms with Crippen LogP contribution in [0.3, 0.4) is 0 Å². The molecule has 0 unspecified atom stereocenters. The molecule has 1 heterocycles. The first-order valence-electron chi connectivity index (χ1n) is 9.26. The average molecular weight is 406 g/mol. The summed E-state index contributed by atoms with van der Waals surface area (Å²) in [4.78, 5) is 39.1. The molecule has 0 atom stereocenters. The molecule has 0 spiro atoms. The van der Waals surface area contributed by atoms with Crippen LogP contribution in [0.4, 0.5) is 11.5 Å². The van der Waals surface area contributed by atoms with Crippen LogP contribution in [0.25, 0.3) is 0 Å². The van der Waals surface area contributed by atoms with Crippen LogP contribution in [-0.2, 0) is 16.6 Å². The number of hydrogen-bond acceptors (Lipinski definition) is 5. The molecule has 0 saturated heterocycles. The number of esters is 1. The lowest BCUT2D eigenvalue weighted by Crippen LogP contribution is -2.28. The van der Waals surface area contributed by atoms with Gasteiger partial charge in [0.05, 0.1) is 16.8 Å². The fourth-order valence-corrected chi connectivity index (χ4v) is 2.91. The Bertz CT molecular complexity index is 1080. The largest absolute Gasteiger partial charge is 0.452 e. The van der Waals surface area contributed by atoms with Gasteiger partial charge in [0.1, 0.15) is 5.82 Å². The van der Waals surface area contributed by atoms with Gasteiger partial charge in [-0.1, -0.05) is 30.3 Å². The van der Waals surface area contributed by atoms with Crippen molar-refractivity contribution in [2.75, 3.05) is 23.9 Å². The minimum atomic E-state index is -0.753. The molecule has 0 radical (unpaired) electrons. The molecule has 3 rings (SSSR count). The molecular formula is C22H22N4O4. The van der Waals surface area contributed by atoms with Crippen LogP contribution in [0, 0.1) is 6.92 Å². The van der Waals surface area contributed by atoms with E-state index < -0.39 is 18.5 Å². The Morgan fingerprint density at radius 3 is 2.30 bits per heavy atom. The molecule has 154 valence electrons. The number of nitrogens with zero attached hydrogens (tertiary/aromatic N) is 3. The van der Waals surface area contributed by atoms with E-state index in [1.54, 1.807) is 57.4 Å². The molecule has 2 amide bonds. The number of benzene rings is 2. The van der Waals surface area contributed by atoms with Crippen molar-refractivity contribution >= 4 is 29.3 Å². The molecule has 0 aliphatic heterocycles. The zero-order chi connectivity index (χ0) is 21.7. The summed E-state index contributed by atoms with van der Waals surface area (Å²) in [6.07, 6.45) is 0. The molecular weight excluding hydrogens is 384 g/mol. The van der Waals surface area contributed by atoms with Gasteiger partial charge in [-0.15, -0.1) is 0 Å². The molecule has 0 bridgehead atoms. The number of aryl methyl sites for hydroxylation is 2. The van der Waals surface area contributed by atoms with Crippen LogP contribution in [0.1, 0.15) is 26.4 Å². The van der Waals surface area contributed by atoms with E-state index in [0.717, 1.165) is 5.69 Å². The summed E-state index contributed by atoms with van der Waals surface area (Å²) in [6.45, 7) is 1.32. The number of ether oxygens (including phenoxy) is 1. The molecule has 1 N–H and O–H groups in total. The lowest BCUT2D eigenvalue weighted by Gasteiger charge is -2.18. The molecule has 0 aliphatic carbocycles. The van der Waals surface area contributed by atoms with E-state index in [1.165, 1.54) is 15.6 Å². The van der Waals surface area contributed by atoms with E-state index in [4.69, 9.17) is 4.74 Å². The normalized spacial score (nSPS) is 10.4. The highest BCUT2D eigenvalue weighted by atomic mass is 16.5. The van der Waals surface area contributed by atoms with Crippen molar-refractivity contribution in [2.45, 2.75) is 6.92 Å². The number of carbonyl (C=O) groups excluding carboxylic acids is 3. The van der Waals surface area contributed by atoms with E-state index in [1.807, 2.05) is 18.2 Å². The van der Waals surface area contributed by atoms with Crippen molar-refractivity contribution in [1.29, 1.82) is 0 Å². The minimum absolute atomic E-state index is 0.0921. The zero-order valence-corrected chi connectivity index (χ0v) is 17.0. The molecule has 1 aromatic heterocycles. The molecule has 2 aromatic carbocycles. The van der Waals surface area contributed by atoms with Crippen molar-refractivity contribution < 1.29 is 19.1 Å². The van der Waals surface area contributed by atoms with Crippen molar-refractivity contribution in [2.24, 2.45) is 7.05 Å². The summed E-state index contributed by atoms with van der Waals surface area (Å²) in [6, 6.07) is 17.1. The minimum Gasteiger partial charge on any atom is -0.452 e. The van der Waals surface area contributed by atoms with Crippen molar-refractivity contribution in [3.63, 3.8) is 0 Å². The third kappa shape index (κ3) is 4.72. The Kier molecular flexibility index (Phi) is 6.26. The van der Waals surface area contributed by atoms with Crippen LogP contribution >= 0.6 is 0 Å². The van der Waals surface area contributed by atoms with Gasteiger partial charge in [0.15, 0.2) is 6.61 Å². The van der Waals surface area contributed by atoms with Gasteiger partial charge in [-0.05, 0) is 31.2 Å². The Morgan fingerprint density at radius 1 is 1.03 bits per heavy atom. The van der Waals surface area contributed by atoms with Gasteiger partial charge in [0, 0.05) is 25.8 Å². The van der Waals surface area contributed by atoms with Gasteiger partial charge < -0.3 is 15.0 Å². The van der Waals surface area contributed by atoms with Crippen LogP contribution in [0.2, 0.25) is 0 Å². The van der Waals surface area contributed by atoms with Gasteiger partial charge in [-0.25, -0.2) is 4.79 Å². The van der Waals surface area contributed by atoms with E-state index in [0.29, 0.717) is 11.5 Å². The Hall–Kier alpha value is -3.94. The highest BCUT2D eigenvalue weighted by Crippen LogP contribution is 2.18. The quantitative estimate of drug-likeness (QED) is 0.636. The fraction of sp³-hybridized carbons (Fsp3) is 0.182. The highest BCUT2D eigenvalue weighted by Gasteiger charge is 2.22. The van der Waals surface area contributed by atoms with Gasteiger partial charge in [0.2, 0.25) is 0 Å². The second-order valence-electron chi connectivity index (χ2n) is 6.66. The second kappa shape index (κ2) is 9.04. The van der Waals surface area contributed by atoms with Crippen LogP contribution in [0.5, 0.6) is 0 Å². The number of nitrogens with one attached hydrogen (secondary N) is 1. The van der Waals surface area contributed by atoms with Crippen molar-refractivity contribution in [1.82, 2.24) is 9.78 Å². The first-order chi connectivity index (χ1) is 14.4. The number of rotatable bonds is 6. The number of para-hydroxylation sites is 1. The van der Waals surface area contributed by atoms with Crippen LogP contribution < -0.4 is 10.2 Å². The number of anilines is 2. The molecule has 30 heavy (non-hydrogen) atoms. The Labute approximate surface area is 174 Å². The Balaban J connectivity index is 1.69. The molecule has 3 aromatic rings. The van der Waals surface area contributed by atoms with Gasteiger partial charge in [-0.2, -0.15) is 5.10 Å². The predicted molar refractivity (Wildman–Crippen MR) is 112 cm³/mol. The van der Waals surface area contributed by atoms with Crippen LogP contribution in [0.15, 0.2) is 60.7 Å². The number of amides is 2. The highest BCUT2D eigenvalue weighted by molar-refractivity contribution is 6.12.